The molecule has 0 radical (unpaired) electrons. The highest BCUT2D eigenvalue weighted by molar-refractivity contribution is 5.81. The normalized spacial score (nSPS) is 26.0. The van der Waals surface area contributed by atoms with Crippen molar-refractivity contribution in [3.05, 3.63) is 48.5 Å². The number of imidazole rings is 1. The summed E-state index contributed by atoms with van der Waals surface area (Å²) >= 11 is 0. The zero-order valence-electron chi connectivity index (χ0n) is 15.4. The monoisotopic (exact) mass is 385 g/mol. The van der Waals surface area contributed by atoms with Gasteiger partial charge in [-0.2, -0.15) is 0 Å². The average Bonchev–Trinajstić information content (AvgIpc) is 3.24. The first-order chi connectivity index (χ1) is 13.5. The molecule has 0 saturated carbocycles. The Bertz CT molecular complexity index is 934. The van der Waals surface area contributed by atoms with Crippen LogP contribution in [0.4, 0.5) is 5.82 Å². The summed E-state index contributed by atoms with van der Waals surface area (Å²) in [6, 6.07) is 10.0. The van der Waals surface area contributed by atoms with Gasteiger partial charge < -0.3 is 25.4 Å². The van der Waals surface area contributed by atoms with Crippen LogP contribution in [-0.4, -0.2) is 60.8 Å². The molecule has 0 unspecified atom stereocenters. The largest absolute Gasteiger partial charge is 0.387 e. The number of aliphatic hydroxyl groups is 2. The number of aromatic nitrogens is 4. The van der Waals surface area contributed by atoms with Crippen LogP contribution >= 0.6 is 0 Å². The van der Waals surface area contributed by atoms with Gasteiger partial charge >= 0.3 is 0 Å². The quantitative estimate of drug-likeness (QED) is 0.565. The van der Waals surface area contributed by atoms with E-state index < -0.39 is 24.5 Å². The molecular formula is C19H23N5O4. The second-order valence-corrected chi connectivity index (χ2v) is 6.96. The number of benzene rings is 1. The van der Waals surface area contributed by atoms with Gasteiger partial charge in [0.15, 0.2) is 17.7 Å². The number of nitrogen functional groups attached to an aromatic ring is 1. The Morgan fingerprint density at radius 3 is 2.75 bits per heavy atom. The van der Waals surface area contributed by atoms with Gasteiger partial charge in [-0.15, -0.1) is 0 Å². The van der Waals surface area contributed by atoms with Gasteiger partial charge in [-0.25, -0.2) is 15.0 Å². The maximum Gasteiger partial charge on any atom is 0.167 e. The summed E-state index contributed by atoms with van der Waals surface area (Å²) in [6.45, 7) is 2.12. The SMILES string of the molecule is C[C@H](Cc1ccccc1)OC[C@H]1O[C@@H](n2cnc3c(N)ncnc32)[C@H](O)[C@@H]1O. The first kappa shape index (κ1) is 18.8. The van der Waals surface area contributed by atoms with E-state index in [2.05, 4.69) is 15.0 Å². The van der Waals surface area contributed by atoms with Crippen LogP contribution < -0.4 is 5.73 Å². The third kappa shape index (κ3) is 3.57. The van der Waals surface area contributed by atoms with Crippen molar-refractivity contribution in [2.45, 2.75) is 44.0 Å². The van der Waals surface area contributed by atoms with E-state index in [1.165, 1.54) is 18.2 Å². The minimum absolute atomic E-state index is 0.0593. The average molecular weight is 385 g/mol. The lowest BCUT2D eigenvalue weighted by atomic mass is 10.1. The van der Waals surface area contributed by atoms with Crippen molar-refractivity contribution in [1.29, 1.82) is 0 Å². The Kier molecular flexibility index (Phi) is 5.23. The zero-order chi connectivity index (χ0) is 19.7. The summed E-state index contributed by atoms with van der Waals surface area (Å²) in [5.41, 5.74) is 7.82. The Labute approximate surface area is 161 Å². The van der Waals surface area contributed by atoms with Gasteiger partial charge in [0.25, 0.3) is 0 Å². The molecule has 4 rings (SSSR count). The van der Waals surface area contributed by atoms with Crippen molar-refractivity contribution >= 4 is 17.0 Å². The van der Waals surface area contributed by atoms with E-state index in [1.807, 2.05) is 37.3 Å². The van der Waals surface area contributed by atoms with Crippen molar-refractivity contribution in [3.8, 4) is 0 Å². The molecule has 2 aromatic heterocycles. The Morgan fingerprint density at radius 1 is 1.18 bits per heavy atom. The fourth-order valence-corrected chi connectivity index (χ4v) is 3.42. The highest BCUT2D eigenvalue weighted by Gasteiger charge is 2.44. The van der Waals surface area contributed by atoms with Crippen LogP contribution in [0.25, 0.3) is 11.2 Å². The van der Waals surface area contributed by atoms with Gasteiger partial charge in [0.2, 0.25) is 0 Å². The number of aliphatic hydroxyl groups excluding tert-OH is 2. The Balaban J connectivity index is 1.42. The molecule has 9 heteroatoms. The number of fused-ring (bicyclic) bond motifs is 1. The predicted molar refractivity (Wildman–Crippen MR) is 101 cm³/mol. The van der Waals surface area contributed by atoms with E-state index in [4.69, 9.17) is 15.2 Å². The van der Waals surface area contributed by atoms with E-state index in [-0.39, 0.29) is 18.5 Å². The predicted octanol–water partition coefficient (Wildman–Crippen LogP) is 0.675. The third-order valence-electron chi connectivity index (χ3n) is 4.91. The lowest BCUT2D eigenvalue weighted by Gasteiger charge is -2.19. The van der Waals surface area contributed by atoms with Gasteiger partial charge in [0.1, 0.15) is 30.2 Å². The molecule has 0 aliphatic carbocycles. The second-order valence-electron chi connectivity index (χ2n) is 6.96. The molecule has 0 amide bonds. The van der Waals surface area contributed by atoms with Crippen LogP contribution in [-0.2, 0) is 15.9 Å². The second kappa shape index (κ2) is 7.80. The van der Waals surface area contributed by atoms with Crippen molar-refractivity contribution in [2.75, 3.05) is 12.3 Å². The molecule has 28 heavy (non-hydrogen) atoms. The van der Waals surface area contributed by atoms with Crippen molar-refractivity contribution in [3.63, 3.8) is 0 Å². The highest BCUT2D eigenvalue weighted by atomic mass is 16.6. The lowest BCUT2D eigenvalue weighted by molar-refractivity contribution is -0.0779. The molecular weight excluding hydrogens is 362 g/mol. The lowest BCUT2D eigenvalue weighted by Crippen LogP contribution is -2.34. The van der Waals surface area contributed by atoms with Gasteiger partial charge in [0.05, 0.1) is 19.0 Å². The molecule has 0 spiro atoms. The molecule has 3 heterocycles. The van der Waals surface area contributed by atoms with Gasteiger partial charge in [-0.05, 0) is 18.9 Å². The molecule has 1 aliphatic rings. The van der Waals surface area contributed by atoms with E-state index in [1.54, 1.807) is 4.57 Å². The number of rotatable bonds is 6. The fraction of sp³-hybridized carbons (Fsp3) is 0.421. The van der Waals surface area contributed by atoms with Crippen LogP contribution in [0.5, 0.6) is 0 Å². The van der Waals surface area contributed by atoms with Gasteiger partial charge in [-0.1, -0.05) is 30.3 Å². The number of hydrogen-bond acceptors (Lipinski definition) is 8. The van der Waals surface area contributed by atoms with Crippen molar-refractivity contribution in [1.82, 2.24) is 19.5 Å². The number of hydrogen-bond donors (Lipinski definition) is 3. The number of ether oxygens (including phenoxy) is 2. The first-order valence-corrected chi connectivity index (χ1v) is 9.14. The number of anilines is 1. The summed E-state index contributed by atoms with van der Waals surface area (Å²) < 4.78 is 13.3. The zero-order valence-corrected chi connectivity index (χ0v) is 15.4. The van der Waals surface area contributed by atoms with Gasteiger partial charge in [-0.3, -0.25) is 4.57 Å². The highest BCUT2D eigenvalue weighted by Crippen LogP contribution is 2.32. The molecule has 5 atom stereocenters. The molecule has 0 bridgehead atoms. The smallest absolute Gasteiger partial charge is 0.167 e. The first-order valence-electron chi connectivity index (χ1n) is 9.14. The molecule has 1 fully saturated rings. The standard InChI is InChI=1S/C19H23N5O4/c1-11(7-12-5-3-2-4-6-12)27-8-13-15(25)16(26)19(28-13)24-10-23-14-17(20)21-9-22-18(14)24/h2-6,9-11,13,15-16,19,25-26H,7-8H2,1H3,(H2,20,21,22)/t11-,13-,15-,16-,19-/m1/s1. The van der Waals surface area contributed by atoms with Crippen molar-refractivity contribution in [2.24, 2.45) is 0 Å². The van der Waals surface area contributed by atoms with Crippen LogP contribution in [0.15, 0.2) is 43.0 Å². The number of nitrogens with two attached hydrogens (primary N) is 1. The van der Waals surface area contributed by atoms with Crippen LogP contribution in [0.3, 0.4) is 0 Å². The van der Waals surface area contributed by atoms with E-state index in [0.29, 0.717) is 11.2 Å². The van der Waals surface area contributed by atoms with E-state index >= 15 is 0 Å². The van der Waals surface area contributed by atoms with Crippen LogP contribution in [0.2, 0.25) is 0 Å². The summed E-state index contributed by atoms with van der Waals surface area (Å²) in [7, 11) is 0. The van der Waals surface area contributed by atoms with E-state index in [9.17, 15) is 10.2 Å². The summed E-state index contributed by atoms with van der Waals surface area (Å²) in [6.07, 6.45) is -0.273. The minimum Gasteiger partial charge on any atom is -0.387 e. The van der Waals surface area contributed by atoms with Gasteiger partial charge in [0, 0.05) is 0 Å². The molecule has 9 nitrogen and oxygen atoms in total. The molecule has 4 N–H and O–H groups in total. The topological polar surface area (TPSA) is 129 Å². The Hall–Kier alpha value is -2.59. The number of nitrogens with zero attached hydrogens (tertiary/aromatic N) is 4. The molecule has 148 valence electrons. The molecule has 1 saturated heterocycles. The van der Waals surface area contributed by atoms with Crippen LogP contribution in [0.1, 0.15) is 18.7 Å². The molecule has 1 aromatic carbocycles. The van der Waals surface area contributed by atoms with Crippen molar-refractivity contribution < 1.29 is 19.7 Å². The van der Waals surface area contributed by atoms with Crippen LogP contribution in [0, 0.1) is 0 Å². The van der Waals surface area contributed by atoms with E-state index in [0.717, 1.165) is 6.42 Å². The third-order valence-corrected chi connectivity index (χ3v) is 4.91. The minimum atomic E-state index is -1.15. The summed E-state index contributed by atoms with van der Waals surface area (Å²) in [5, 5.41) is 20.9. The molecule has 1 aliphatic heterocycles. The maximum absolute atomic E-state index is 10.5. The fourth-order valence-electron chi connectivity index (χ4n) is 3.42. The Morgan fingerprint density at radius 2 is 1.96 bits per heavy atom. The maximum atomic E-state index is 10.5. The molecule has 3 aromatic rings. The summed E-state index contributed by atoms with van der Waals surface area (Å²) in [5.74, 6) is 0.242. The summed E-state index contributed by atoms with van der Waals surface area (Å²) in [4.78, 5) is 12.2.